The summed E-state index contributed by atoms with van der Waals surface area (Å²) in [6.07, 6.45) is 1.89. The highest BCUT2D eigenvalue weighted by Crippen LogP contribution is 2.35. The van der Waals surface area contributed by atoms with E-state index in [0.29, 0.717) is 6.61 Å². The fourth-order valence-corrected chi connectivity index (χ4v) is 3.16. The van der Waals surface area contributed by atoms with Gasteiger partial charge in [0.2, 0.25) is 0 Å². The molecule has 3 nitrogen and oxygen atoms in total. The highest BCUT2D eigenvalue weighted by atomic mass is 16.5. The van der Waals surface area contributed by atoms with Crippen LogP contribution in [0.15, 0.2) is 71.7 Å². The molecule has 0 unspecified atom stereocenters. The summed E-state index contributed by atoms with van der Waals surface area (Å²) in [5, 5.41) is 0. The predicted molar refractivity (Wildman–Crippen MR) is 121 cm³/mol. The Labute approximate surface area is 174 Å². The topological polar surface area (TPSA) is 30.8 Å². The number of ether oxygens (including phenoxy) is 2. The smallest absolute Gasteiger partial charge is 0.132 e. The van der Waals surface area contributed by atoms with E-state index in [9.17, 15) is 0 Å². The molecule has 0 spiro atoms. The van der Waals surface area contributed by atoms with Gasteiger partial charge in [-0.3, -0.25) is 4.99 Å². The maximum absolute atomic E-state index is 6.35. The zero-order chi connectivity index (χ0) is 20.9. The van der Waals surface area contributed by atoms with Gasteiger partial charge >= 0.3 is 0 Å². The number of benzene rings is 3. The van der Waals surface area contributed by atoms with Crippen molar-refractivity contribution >= 4 is 11.9 Å². The molecule has 3 heteroatoms. The molecule has 0 atom stereocenters. The van der Waals surface area contributed by atoms with Crippen molar-refractivity contribution in [1.82, 2.24) is 0 Å². The number of methoxy groups -OCH3 is 1. The van der Waals surface area contributed by atoms with E-state index >= 15 is 0 Å². The van der Waals surface area contributed by atoms with Crippen LogP contribution in [0.25, 0.3) is 0 Å². The molecular formula is C26H29NO2. The van der Waals surface area contributed by atoms with Crippen LogP contribution in [-0.4, -0.2) is 13.3 Å². The lowest BCUT2D eigenvalue weighted by Crippen LogP contribution is -2.15. The van der Waals surface area contributed by atoms with Gasteiger partial charge in [0.05, 0.1) is 12.8 Å². The average Bonchev–Trinajstić information content (AvgIpc) is 2.71. The number of hydrogen-bond acceptors (Lipinski definition) is 3. The van der Waals surface area contributed by atoms with Crippen molar-refractivity contribution in [3.05, 3.63) is 89.0 Å². The van der Waals surface area contributed by atoms with Crippen LogP contribution in [0, 0.1) is 6.92 Å². The van der Waals surface area contributed by atoms with Crippen LogP contribution in [0.4, 0.5) is 5.69 Å². The summed E-state index contributed by atoms with van der Waals surface area (Å²) >= 11 is 0. The van der Waals surface area contributed by atoms with Crippen LogP contribution < -0.4 is 9.47 Å². The predicted octanol–water partition coefficient (Wildman–Crippen LogP) is 6.63. The van der Waals surface area contributed by atoms with Crippen molar-refractivity contribution in [3.63, 3.8) is 0 Å². The summed E-state index contributed by atoms with van der Waals surface area (Å²) < 4.78 is 11.6. The van der Waals surface area contributed by atoms with E-state index in [0.717, 1.165) is 28.3 Å². The first-order valence-electron chi connectivity index (χ1n) is 9.87. The molecule has 0 fully saturated rings. The van der Waals surface area contributed by atoms with Gasteiger partial charge in [0, 0.05) is 17.3 Å². The zero-order valence-corrected chi connectivity index (χ0v) is 17.9. The highest BCUT2D eigenvalue weighted by Gasteiger charge is 2.22. The Morgan fingerprint density at radius 3 is 2.24 bits per heavy atom. The first kappa shape index (κ1) is 20.7. The second-order valence-corrected chi connectivity index (χ2v) is 8.21. The maximum Gasteiger partial charge on any atom is 0.132 e. The minimum atomic E-state index is -0.0409. The lowest BCUT2D eigenvalue weighted by atomic mass is 9.84. The van der Waals surface area contributed by atoms with Crippen molar-refractivity contribution in [3.8, 4) is 11.5 Å². The second kappa shape index (κ2) is 8.95. The van der Waals surface area contributed by atoms with Crippen LogP contribution in [0.3, 0.4) is 0 Å². The first-order valence-corrected chi connectivity index (χ1v) is 9.87. The molecule has 0 aliphatic heterocycles. The molecule has 3 aromatic carbocycles. The molecule has 0 bridgehead atoms. The molecule has 0 aliphatic carbocycles. The van der Waals surface area contributed by atoms with E-state index in [4.69, 9.17) is 9.47 Å². The first-order chi connectivity index (χ1) is 13.9. The lowest BCUT2D eigenvalue weighted by Gasteiger charge is -2.25. The Balaban J connectivity index is 1.97. The maximum atomic E-state index is 6.35. The number of aliphatic imine (C=N–C) groups is 1. The molecule has 0 aromatic heterocycles. The summed E-state index contributed by atoms with van der Waals surface area (Å²) in [4.78, 5) is 4.67. The molecule has 29 heavy (non-hydrogen) atoms. The van der Waals surface area contributed by atoms with Crippen LogP contribution in [0.5, 0.6) is 11.5 Å². The fraction of sp³-hybridized carbons (Fsp3) is 0.269. The average molecular weight is 388 g/mol. The van der Waals surface area contributed by atoms with E-state index in [-0.39, 0.29) is 5.41 Å². The SMILES string of the molecule is COc1ccc(N=Cc2cc(C)cc(C(C)(C)C)c2OCc2ccccc2)cc1. The molecule has 3 aromatic rings. The lowest BCUT2D eigenvalue weighted by molar-refractivity contribution is 0.297. The van der Waals surface area contributed by atoms with Gasteiger partial charge in [0.1, 0.15) is 18.1 Å². The number of hydrogen-bond donors (Lipinski definition) is 0. The summed E-state index contributed by atoms with van der Waals surface area (Å²) in [7, 11) is 1.66. The van der Waals surface area contributed by atoms with Crippen molar-refractivity contribution in [2.75, 3.05) is 7.11 Å². The Hall–Kier alpha value is -3.07. The Morgan fingerprint density at radius 1 is 0.931 bits per heavy atom. The third-order valence-corrected chi connectivity index (χ3v) is 4.72. The molecule has 0 saturated carbocycles. The molecule has 0 saturated heterocycles. The van der Waals surface area contributed by atoms with Crippen LogP contribution in [-0.2, 0) is 12.0 Å². The van der Waals surface area contributed by atoms with Gasteiger partial charge in [0.15, 0.2) is 0 Å². The quantitative estimate of drug-likeness (QED) is 0.444. The minimum Gasteiger partial charge on any atom is -0.497 e. The summed E-state index contributed by atoms with van der Waals surface area (Å²) in [6, 6.07) is 22.3. The summed E-state index contributed by atoms with van der Waals surface area (Å²) in [5.41, 5.74) is 5.34. The Bertz CT molecular complexity index is 968. The van der Waals surface area contributed by atoms with Gasteiger partial charge in [0.25, 0.3) is 0 Å². The second-order valence-electron chi connectivity index (χ2n) is 8.21. The van der Waals surface area contributed by atoms with Gasteiger partial charge in [-0.05, 0) is 53.8 Å². The standard InChI is InChI=1S/C26H29NO2/c1-19-15-21(17-27-22-11-13-23(28-5)14-12-22)25(24(16-19)26(2,3)4)29-18-20-9-7-6-8-10-20/h6-17H,18H2,1-5H3. The van der Waals surface area contributed by atoms with Crippen molar-refractivity contribution in [1.29, 1.82) is 0 Å². The molecule has 150 valence electrons. The van der Waals surface area contributed by atoms with Crippen LogP contribution >= 0.6 is 0 Å². The Morgan fingerprint density at radius 2 is 1.62 bits per heavy atom. The number of aryl methyl sites for hydroxylation is 1. The van der Waals surface area contributed by atoms with E-state index < -0.39 is 0 Å². The third-order valence-electron chi connectivity index (χ3n) is 4.72. The van der Waals surface area contributed by atoms with Gasteiger partial charge in [-0.15, -0.1) is 0 Å². The number of nitrogens with zero attached hydrogens (tertiary/aromatic N) is 1. The van der Waals surface area contributed by atoms with E-state index in [1.165, 1.54) is 11.1 Å². The minimum absolute atomic E-state index is 0.0409. The van der Waals surface area contributed by atoms with Gasteiger partial charge in [-0.1, -0.05) is 57.2 Å². The normalized spacial score (nSPS) is 11.6. The van der Waals surface area contributed by atoms with E-state index in [1.807, 2.05) is 48.7 Å². The number of rotatable bonds is 6. The zero-order valence-electron chi connectivity index (χ0n) is 17.9. The molecule has 0 radical (unpaired) electrons. The van der Waals surface area contributed by atoms with Crippen molar-refractivity contribution < 1.29 is 9.47 Å². The van der Waals surface area contributed by atoms with Gasteiger partial charge in [-0.25, -0.2) is 0 Å². The van der Waals surface area contributed by atoms with Gasteiger partial charge < -0.3 is 9.47 Å². The summed E-state index contributed by atoms with van der Waals surface area (Å²) in [5.74, 6) is 1.71. The molecule has 0 heterocycles. The fourth-order valence-electron chi connectivity index (χ4n) is 3.16. The molecule has 0 N–H and O–H groups in total. The molecule has 3 rings (SSSR count). The van der Waals surface area contributed by atoms with Crippen LogP contribution in [0.1, 0.15) is 43.0 Å². The van der Waals surface area contributed by atoms with Crippen molar-refractivity contribution in [2.45, 2.75) is 39.7 Å². The monoisotopic (exact) mass is 387 g/mol. The molecule has 0 aliphatic rings. The Kier molecular flexibility index (Phi) is 6.38. The molecule has 0 amide bonds. The third kappa shape index (κ3) is 5.47. The van der Waals surface area contributed by atoms with Crippen LogP contribution in [0.2, 0.25) is 0 Å². The molecular weight excluding hydrogens is 358 g/mol. The van der Waals surface area contributed by atoms with E-state index in [1.54, 1.807) is 7.11 Å². The highest BCUT2D eigenvalue weighted by molar-refractivity contribution is 5.87. The largest absolute Gasteiger partial charge is 0.497 e. The van der Waals surface area contributed by atoms with Gasteiger partial charge in [-0.2, -0.15) is 0 Å². The van der Waals surface area contributed by atoms with E-state index in [2.05, 4.69) is 57.0 Å². The summed E-state index contributed by atoms with van der Waals surface area (Å²) in [6.45, 7) is 9.27. The van der Waals surface area contributed by atoms with Crippen molar-refractivity contribution in [2.24, 2.45) is 4.99 Å².